The molecule has 0 bridgehead atoms. The van der Waals surface area contributed by atoms with Crippen molar-refractivity contribution in [1.29, 1.82) is 0 Å². The third kappa shape index (κ3) is 8.39. The minimum absolute atomic E-state index is 0.0329. The van der Waals surface area contributed by atoms with Crippen LogP contribution in [0, 0.1) is 0 Å². The van der Waals surface area contributed by atoms with Crippen LogP contribution in [0.1, 0.15) is 26.5 Å². The number of carbonyl (C=O) groups excluding carboxylic acids is 2. The van der Waals surface area contributed by atoms with Gasteiger partial charge in [0.05, 0.1) is 28.0 Å². The van der Waals surface area contributed by atoms with Gasteiger partial charge in [-0.1, -0.05) is 47.1 Å². The number of nitrogens with zero attached hydrogens (tertiary/aromatic N) is 1. The molecule has 16 heteroatoms. The highest BCUT2D eigenvalue weighted by atomic mass is 35.5. The number of aromatic nitrogens is 2. The summed E-state index contributed by atoms with van der Waals surface area (Å²) >= 11 is 8.38. The third-order valence-electron chi connectivity index (χ3n) is 5.71. The summed E-state index contributed by atoms with van der Waals surface area (Å²) in [5.41, 5.74) is 1.16. The molecule has 12 nitrogen and oxygen atoms in total. The van der Waals surface area contributed by atoms with Crippen molar-refractivity contribution in [2.45, 2.75) is 29.7 Å². The summed E-state index contributed by atoms with van der Waals surface area (Å²) in [5.74, 6) is -2.65. The molecule has 0 radical (unpaired) electrons. The number of rotatable bonds is 14. The van der Waals surface area contributed by atoms with Crippen molar-refractivity contribution in [2.24, 2.45) is 0 Å². The number of sulfonamides is 1. The van der Waals surface area contributed by atoms with Gasteiger partial charge in [0.25, 0.3) is 5.91 Å². The van der Waals surface area contributed by atoms with Crippen LogP contribution in [0.4, 0.5) is 0 Å². The Morgan fingerprint density at radius 2 is 1.90 bits per heavy atom. The van der Waals surface area contributed by atoms with Crippen LogP contribution in [0.2, 0.25) is 5.02 Å². The zero-order valence-corrected chi connectivity index (χ0v) is 24.7. The van der Waals surface area contributed by atoms with Gasteiger partial charge in [-0.2, -0.15) is 0 Å². The number of amides is 1. The number of carboxylic acid groups (broad SMARTS) is 1. The molecule has 1 amide bonds. The highest BCUT2D eigenvalue weighted by Gasteiger charge is 2.25. The number of carboxylic acids is 1. The van der Waals surface area contributed by atoms with Crippen LogP contribution in [-0.4, -0.2) is 53.1 Å². The molecular weight excluding hydrogens is 628 g/mol. The van der Waals surface area contributed by atoms with E-state index < -0.39 is 45.9 Å². The fraction of sp³-hybridized carbons (Fsp3) is 0.192. The van der Waals surface area contributed by atoms with Crippen LogP contribution in [0.5, 0.6) is 0 Å². The molecule has 0 saturated heterocycles. The second-order valence-corrected chi connectivity index (χ2v) is 13.1. The van der Waals surface area contributed by atoms with Crippen LogP contribution in [0.15, 0.2) is 74.9 Å². The molecule has 220 valence electrons. The number of ketones is 1. The van der Waals surface area contributed by atoms with Crippen LogP contribution in [0.3, 0.4) is 0 Å². The molecule has 2 aromatic carbocycles. The Bertz CT molecular complexity index is 1770. The predicted octanol–water partition coefficient (Wildman–Crippen LogP) is 3.30. The monoisotopic (exact) mass is 650 g/mol. The quantitative estimate of drug-likeness (QED) is 0.158. The fourth-order valence-electron chi connectivity index (χ4n) is 3.64. The molecular formula is C26H23ClN4O8S3. The first-order chi connectivity index (χ1) is 20.0. The summed E-state index contributed by atoms with van der Waals surface area (Å²) in [6, 6.07) is 14.6. The number of H-pyrrole nitrogens is 1. The molecule has 1 atom stereocenters. The van der Waals surface area contributed by atoms with E-state index in [1.54, 1.807) is 24.3 Å². The molecule has 0 aliphatic rings. The lowest BCUT2D eigenvalue weighted by Crippen LogP contribution is -2.43. The second-order valence-electron chi connectivity index (χ2n) is 8.74. The van der Waals surface area contributed by atoms with Crippen molar-refractivity contribution in [3.8, 4) is 11.4 Å². The van der Waals surface area contributed by atoms with Gasteiger partial charge in [-0.05, 0) is 35.9 Å². The maximum atomic E-state index is 12.8. The average molecular weight is 651 g/mol. The zero-order chi connectivity index (χ0) is 30.3. The van der Waals surface area contributed by atoms with Gasteiger partial charge in [0.2, 0.25) is 10.0 Å². The van der Waals surface area contributed by atoms with Gasteiger partial charge in [-0.3, -0.25) is 23.9 Å². The van der Waals surface area contributed by atoms with Crippen molar-refractivity contribution < 1.29 is 32.4 Å². The standard InChI is InChI=1S/C26H23ClN4O8S3/c27-19-7-2-1-4-16(19)13-40-14-21(32)20(11-23(33)34)29-25(35)22-9-8-17(41-22)12-28-42(37,38)18-6-3-5-15(10-18)24-30-26(36)39-31-24/h1-10,20,28H,11-14H2,(H,29,35)(H,33,34)(H,30,31,36). The lowest BCUT2D eigenvalue weighted by molar-refractivity contribution is -0.139. The van der Waals surface area contributed by atoms with Gasteiger partial charge < -0.3 is 10.4 Å². The highest BCUT2D eigenvalue weighted by Crippen LogP contribution is 2.22. The number of thioether (sulfide) groups is 1. The summed E-state index contributed by atoms with van der Waals surface area (Å²) < 4.78 is 32.6. The third-order valence-corrected chi connectivity index (χ3v) is 9.57. The molecule has 0 aliphatic heterocycles. The molecule has 4 N–H and O–H groups in total. The average Bonchev–Trinajstić information content (AvgIpc) is 3.62. The first-order valence-corrected chi connectivity index (χ1v) is 16.0. The minimum atomic E-state index is -3.98. The minimum Gasteiger partial charge on any atom is -0.481 e. The van der Waals surface area contributed by atoms with Gasteiger partial charge in [0, 0.05) is 27.8 Å². The normalized spacial score (nSPS) is 12.1. The van der Waals surface area contributed by atoms with E-state index in [9.17, 15) is 32.7 Å². The first-order valence-electron chi connectivity index (χ1n) is 12.1. The van der Waals surface area contributed by atoms with Gasteiger partial charge >= 0.3 is 11.7 Å². The van der Waals surface area contributed by atoms with E-state index in [0.717, 1.165) is 16.9 Å². The second kappa shape index (κ2) is 13.9. The summed E-state index contributed by atoms with van der Waals surface area (Å²) in [6.45, 7) is -0.137. The lowest BCUT2D eigenvalue weighted by atomic mass is 10.1. The number of hydrogen-bond acceptors (Lipinski definition) is 10. The maximum Gasteiger partial charge on any atom is 0.439 e. The van der Waals surface area contributed by atoms with Gasteiger partial charge in [0.15, 0.2) is 11.6 Å². The summed E-state index contributed by atoms with van der Waals surface area (Å²) in [6.07, 6.45) is -0.587. The number of halogens is 1. The van der Waals surface area contributed by atoms with E-state index in [1.807, 2.05) is 12.1 Å². The summed E-state index contributed by atoms with van der Waals surface area (Å²) in [4.78, 5) is 51.1. The first kappa shape index (κ1) is 31.2. The number of carbonyl (C=O) groups is 3. The molecule has 0 spiro atoms. The number of Topliss-reactive ketones (excluding diaryl/α,β-unsaturated/α-hetero) is 1. The molecule has 0 aliphatic carbocycles. The van der Waals surface area contributed by atoms with E-state index >= 15 is 0 Å². The van der Waals surface area contributed by atoms with Gasteiger partial charge in [0.1, 0.15) is 0 Å². The van der Waals surface area contributed by atoms with Crippen LogP contribution >= 0.6 is 34.7 Å². The topological polar surface area (TPSA) is 189 Å². The molecule has 2 aromatic heterocycles. The predicted molar refractivity (Wildman–Crippen MR) is 157 cm³/mol. The number of hydrogen-bond donors (Lipinski definition) is 4. The Balaban J connectivity index is 1.35. The summed E-state index contributed by atoms with van der Waals surface area (Å²) in [5, 5.41) is 15.9. The van der Waals surface area contributed by atoms with E-state index in [0.29, 0.717) is 21.2 Å². The molecule has 2 heterocycles. The number of nitrogens with one attached hydrogen (secondary N) is 3. The fourth-order valence-corrected chi connectivity index (χ4v) is 6.89. The number of aliphatic carboxylic acids is 1. The van der Waals surface area contributed by atoms with Crippen molar-refractivity contribution in [2.75, 3.05) is 5.75 Å². The largest absolute Gasteiger partial charge is 0.481 e. The highest BCUT2D eigenvalue weighted by molar-refractivity contribution is 7.99. The molecule has 0 fully saturated rings. The Labute approximate surface area is 252 Å². The van der Waals surface area contributed by atoms with Gasteiger partial charge in [-0.25, -0.2) is 17.9 Å². The van der Waals surface area contributed by atoms with Crippen LogP contribution in [-0.2, 0) is 31.9 Å². The summed E-state index contributed by atoms with van der Waals surface area (Å²) in [7, 11) is -3.98. The van der Waals surface area contributed by atoms with E-state index in [-0.39, 0.29) is 27.9 Å². The Hall–Kier alpha value is -3.76. The Morgan fingerprint density at radius 1 is 1.12 bits per heavy atom. The van der Waals surface area contributed by atoms with Crippen LogP contribution < -0.4 is 15.8 Å². The lowest BCUT2D eigenvalue weighted by Gasteiger charge is -2.15. The molecule has 42 heavy (non-hydrogen) atoms. The number of benzene rings is 2. The van der Waals surface area contributed by atoms with E-state index in [2.05, 4.69) is 24.7 Å². The molecule has 4 rings (SSSR count). The Kier molecular flexibility index (Phi) is 10.3. The number of thiophene rings is 1. The van der Waals surface area contributed by atoms with Gasteiger partial charge in [-0.15, -0.1) is 23.1 Å². The molecule has 1 unspecified atom stereocenters. The zero-order valence-electron chi connectivity index (χ0n) is 21.5. The van der Waals surface area contributed by atoms with Crippen molar-refractivity contribution in [3.63, 3.8) is 0 Å². The SMILES string of the molecule is O=C(O)CC(NC(=O)c1ccc(CNS(=O)(=O)c2cccc(-c3noc(=O)[nH]3)c2)s1)C(=O)CSCc1ccccc1Cl. The van der Waals surface area contributed by atoms with E-state index in [4.69, 9.17) is 11.6 Å². The van der Waals surface area contributed by atoms with E-state index in [1.165, 1.54) is 36.0 Å². The van der Waals surface area contributed by atoms with Crippen molar-refractivity contribution >= 4 is 62.4 Å². The Morgan fingerprint density at radius 3 is 2.62 bits per heavy atom. The molecule has 0 saturated carbocycles. The number of aromatic amines is 1. The van der Waals surface area contributed by atoms with Crippen LogP contribution in [0.25, 0.3) is 11.4 Å². The van der Waals surface area contributed by atoms with Crippen molar-refractivity contribution in [3.05, 3.63) is 91.6 Å². The maximum absolute atomic E-state index is 12.8. The smallest absolute Gasteiger partial charge is 0.439 e. The van der Waals surface area contributed by atoms with Crippen molar-refractivity contribution in [1.82, 2.24) is 20.2 Å². The molecule has 4 aromatic rings.